The second-order valence-electron chi connectivity index (χ2n) is 5.40. The summed E-state index contributed by atoms with van der Waals surface area (Å²) in [5.41, 5.74) is 1.95. The molecule has 3 heterocycles. The van der Waals surface area contributed by atoms with Crippen molar-refractivity contribution in [2.75, 3.05) is 31.1 Å². The molecule has 0 N–H and O–H groups in total. The van der Waals surface area contributed by atoms with E-state index in [1.807, 2.05) is 27.0 Å². The normalized spacial score (nSPS) is 16.4. The molecule has 2 aromatic rings. The van der Waals surface area contributed by atoms with E-state index in [1.54, 1.807) is 0 Å². The molecule has 2 aromatic heterocycles. The average molecular weight is 288 g/mol. The third kappa shape index (κ3) is 3.18. The lowest BCUT2D eigenvalue weighted by Gasteiger charge is -2.35. The summed E-state index contributed by atoms with van der Waals surface area (Å²) in [5.74, 6) is 2.31. The number of hydrogen-bond donors (Lipinski definition) is 0. The van der Waals surface area contributed by atoms with Crippen molar-refractivity contribution in [1.29, 1.82) is 0 Å². The number of piperazine rings is 1. The van der Waals surface area contributed by atoms with Crippen LogP contribution in [0.3, 0.4) is 0 Å². The summed E-state index contributed by atoms with van der Waals surface area (Å²) in [5, 5.41) is 7.91. The van der Waals surface area contributed by atoms with Crippen LogP contribution in [0.1, 0.15) is 23.2 Å². The van der Waals surface area contributed by atoms with Crippen LogP contribution in [0, 0.1) is 20.8 Å². The molecule has 0 radical (unpaired) electrons. The van der Waals surface area contributed by atoms with E-state index in [2.05, 4.69) is 30.0 Å². The van der Waals surface area contributed by atoms with Crippen LogP contribution in [-0.2, 0) is 6.54 Å². The molecule has 0 spiro atoms. The van der Waals surface area contributed by atoms with E-state index in [1.165, 1.54) is 0 Å². The maximum Gasteiger partial charge on any atom is 0.230 e. The molecule has 0 unspecified atom stereocenters. The van der Waals surface area contributed by atoms with Gasteiger partial charge in [0.25, 0.3) is 0 Å². The SMILES string of the molecule is Cc1cnc(C)c(N2CCN(Cc3nnc(C)o3)CC2)n1. The lowest BCUT2D eigenvalue weighted by atomic mass is 10.3. The Hall–Kier alpha value is -2.02. The quantitative estimate of drug-likeness (QED) is 0.837. The molecule has 0 aliphatic carbocycles. The number of aromatic nitrogens is 4. The largest absolute Gasteiger partial charge is 0.424 e. The molecule has 0 aromatic carbocycles. The van der Waals surface area contributed by atoms with Gasteiger partial charge in [0.2, 0.25) is 11.8 Å². The van der Waals surface area contributed by atoms with E-state index >= 15 is 0 Å². The lowest BCUT2D eigenvalue weighted by Crippen LogP contribution is -2.46. The highest BCUT2D eigenvalue weighted by atomic mass is 16.4. The van der Waals surface area contributed by atoms with Gasteiger partial charge in [0.05, 0.1) is 17.9 Å². The minimum Gasteiger partial charge on any atom is -0.424 e. The van der Waals surface area contributed by atoms with Crippen LogP contribution in [0.15, 0.2) is 10.6 Å². The van der Waals surface area contributed by atoms with Crippen molar-refractivity contribution in [3.8, 4) is 0 Å². The smallest absolute Gasteiger partial charge is 0.230 e. The number of aryl methyl sites for hydroxylation is 3. The first-order valence-electron chi connectivity index (χ1n) is 7.18. The Morgan fingerprint density at radius 3 is 2.52 bits per heavy atom. The van der Waals surface area contributed by atoms with Gasteiger partial charge in [0.1, 0.15) is 5.82 Å². The van der Waals surface area contributed by atoms with E-state index < -0.39 is 0 Å². The van der Waals surface area contributed by atoms with Gasteiger partial charge >= 0.3 is 0 Å². The highest BCUT2D eigenvalue weighted by Crippen LogP contribution is 2.18. The fraction of sp³-hybridized carbons (Fsp3) is 0.571. The first-order valence-corrected chi connectivity index (χ1v) is 7.18. The van der Waals surface area contributed by atoms with Gasteiger partial charge in [-0.25, -0.2) is 4.98 Å². The summed E-state index contributed by atoms with van der Waals surface area (Å²) < 4.78 is 5.43. The predicted molar refractivity (Wildman–Crippen MR) is 78.0 cm³/mol. The molecule has 0 amide bonds. The minimum atomic E-state index is 0.620. The Kier molecular flexibility index (Phi) is 3.83. The topological polar surface area (TPSA) is 71.2 Å². The maximum absolute atomic E-state index is 5.43. The molecular weight excluding hydrogens is 268 g/mol. The van der Waals surface area contributed by atoms with Crippen molar-refractivity contribution in [2.45, 2.75) is 27.3 Å². The number of rotatable bonds is 3. The molecular formula is C14H20N6O. The van der Waals surface area contributed by atoms with Crippen LogP contribution < -0.4 is 4.90 Å². The van der Waals surface area contributed by atoms with Crippen LogP contribution in [0.5, 0.6) is 0 Å². The lowest BCUT2D eigenvalue weighted by molar-refractivity contribution is 0.224. The molecule has 7 heteroatoms. The fourth-order valence-electron chi connectivity index (χ4n) is 2.53. The first kappa shape index (κ1) is 13.9. The molecule has 21 heavy (non-hydrogen) atoms. The Morgan fingerprint density at radius 2 is 1.86 bits per heavy atom. The van der Waals surface area contributed by atoms with Crippen molar-refractivity contribution >= 4 is 5.82 Å². The standard InChI is InChI=1S/C14H20N6O/c1-10-8-15-11(2)14(16-10)20-6-4-19(5-7-20)9-13-18-17-12(3)21-13/h8H,4-7,9H2,1-3H3. The molecule has 1 fully saturated rings. The maximum atomic E-state index is 5.43. The Morgan fingerprint density at radius 1 is 1.10 bits per heavy atom. The van der Waals surface area contributed by atoms with Gasteiger partial charge in [-0.2, -0.15) is 0 Å². The third-order valence-corrected chi connectivity index (χ3v) is 3.65. The van der Waals surface area contributed by atoms with Crippen molar-refractivity contribution in [2.24, 2.45) is 0 Å². The van der Waals surface area contributed by atoms with Crippen LogP contribution in [0.2, 0.25) is 0 Å². The van der Waals surface area contributed by atoms with Crippen molar-refractivity contribution < 1.29 is 4.42 Å². The highest BCUT2D eigenvalue weighted by molar-refractivity contribution is 5.43. The Bertz CT molecular complexity index is 618. The molecule has 0 atom stereocenters. The zero-order valence-electron chi connectivity index (χ0n) is 12.7. The monoisotopic (exact) mass is 288 g/mol. The zero-order chi connectivity index (χ0) is 14.8. The number of hydrogen-bond acceptors (Lipinski definition) is 7. The van der Waals surface area contributed by atoms with E-state index in [-0.39, 0.29) is 0 Å². The molecule has 1 aliphatic rings. The van der Waals surface area contributed by atoms with Crippen molar-refractivity contribution in [1.82, 2.24) is 25.1 Å². The third-order valence-electron chi connectivity index (χ3n) is 3.65. The molecule has 0 saturated carbocycles. The van der Waals surface area contributed by atoms with Crippen LogP contribution >= 0.6 is 0 Å². The molecule has 112 valence electrons. The van der Waals surface area contributed by atoms with Crippen molar-refractivity contribution in [3.05, 3.63) is 29.4 Å². The minimum absolute atomic E-state index is 0.620. The van der Waals surface area contributed by atoms with E-state index in [4.69, 9.17) is 4.42 Å². The number of anilines is 1. The number of nitrogens with zero attached hydrogens (tertiary/aromatic N) is 6. The summed E-state index contributed by atoms with van der Waals surface area (Å²) in [7, 11) is 0. The Balaban J connectivity index is 1.61. The molecule has 7 nitrogen and oxygen atoms in total. The second kappa shape index (κ2) is 5.77. The second-order valence-corrected chi connectivity index (χ2v) is 5.40. The molecule has 3 rings (SSSR count). The Labute approximate surface area is 124 Å². The van der Waals surface area contributed by atoms with Gasteiger partial charge in [-0.3, -0.25) is 9.88 Å². The molecule has 0 bridgehead atoms. The fourth-order valence-corrected chi connectivity index (χ4v) is 2.53. The summed E-state index contributed by atoms with van der Waals surface area (Å²) >= 11 is 0. The summed E-state index contributed by atoms with van der Waals surface area (Å²) in [6, 6.07) is 0. The van der Waals surface area contributed by atoms with Gasteiger partial charge in [-0.15, -0.1) is 10.2 Å². The summed E-state index contributed by atoms with van der Waals surface area (Å²) in [6.45, 7) is 10.3. The first-order chi connectivity index (χ1) is 10.1. The van der Waals surface area contributed by atoms with E-state index in [0.29, 0.717) is 18.3 Å². The average Bonchev–Trinajstić information content (AvgIpc) is 2.88. The van der Waals surface area contributed by atoms with Gasteiger partial charge in [0, 0.05) is 39.3 Å². The molecule has 1 saturated heterocycles. The van der Waals surface area contributed by atoms with E-state index in [0.717, 1.165) is 43.4 Å². The van der Waals surface area contributed by atoms with Gasteiger partial charge in [0.15, 0.2) is 0 Å². The summed E-state index contributed by atoms with van der Waals surface area (Å²) in [6.07, 6.45) is 1.81. The summed E-state index contributed by atoms with van der Waals surface area (Å²) in [4.78, 5) is 13.6. The van der Waals surface area contributed by atoms with E-state index in [9.17, 15) is 0 Å². The van der Waals surface area contributed by atoms with Gasteiger partial charge in [-0.1, -0.05) is 0 Å². The van der Waals surface area contributed by atoms with Gasteiger partial charge in [-0.05, 0) is 13.8 Å². The van der Waals surface area contributed by atoms with Crippen LogP contribution in [0.25, 0.3) is 0 Å². The molecule has 1 aliphatic heterocycles. The van der Waals surface area contributed by atoms with Crippen LogP contribution in [0.4, 0.5) is 5.82 Å². The predicted octanol–water partition coefficient (Wildman–Crippen LogP) is 1.11. The highest BCUT2D eigenvalue weighted by Gasteiger charge is 2.21. The van der Waals surface area contributed by atoms with Gasteiger partial charge < -0.3 is 9.32 Å². The van der Waals surface area contributed by atoms with Crippen molar-refractivity contribution in [3.63, 3.8) is 0 Å². The van der Waals surface area contributed by atoms with Crippen LogP contribution in [-0.4, -0.2) is 51.2 Å². The zero-order valence-corrected chi connectivity index (χ0v) is 12.7.